The van der Waals surface area contributed by atoms with Crippen LogP contribution in [0.5, 0.6) is 5.75 Å². The van der Waals surface area contributed by atoms with Crippen molar-refractivity contribution in [2.75, 3.05) is 6.61 Å². The van der Waals surface area contributed by atoms with Crippen LogP contribution in [0.15, 0.2) is 18.2 Å². The van der Waals surface area contributed by atoms with Crippen molar-refractivity contribution in [2.24, 2.45) is 0 Å². The highest BCUT2D eigenvalue weighted by molar-refractivity contribution is 5.88. The van der Waals surface area contributed by atoms with E-state index in [1.165, 1.54) is 12.1 Å². The zero-order valence-corrected chi connectivity index (χ0v) is 10.0. The van der Waals surface area contributed by atoms with Gasteiger partial charge < -0.3 is 14.6 Å². The molecule has 1 aromatic carbocycles. The van der Waals surface area contributed by atoms with Crippen LogP contribution in [0.4, 0.5) is 0 Å². The fourth-order valence-corrected chi connectivity index (χ4v) is 1.84. The van der Waals surface area contributed by atoms with E-state index in [4.69, 9.17) is 14.6 Å². The van der Waals surface area contributed by atoms with Gasteiger partial charge >= 0.3 is 11.9 Å². The number of ether oxygens (including phenoxy) is 2. The van der Waals surface area contributed by atoms with E-state index in [0.717, 1.165) is 0 Å². The summed E-state index contributed by atoms with van der Waals surface area (Å²) >= 11 is 0. The Hall–Kier alpha value is -2.04. The lowest BCUT2D eigenvalue weighted by Crippen LogP contribution is -2.12. The maximum atomic E-state index is 11.4. The fourth-order valence-electron chi connectivity index (χ4n) is 1.84. The van der Waals surface area contributed by atoms with E-state index in [1.54, 1.807) is 6.07 Å². The van der Waals surface area contributed by atoms with Crippen LogP contribution in [0, 0.1) is 0 Å². The predicted octanol–water partition coefficient (Wildman–Crippen LogP) is 2.16. The third-order valence-corrected chi connectivity index (χ3v) is 2.72. The number of carboxylic acids is 1. The average Bonchev–Trinajstić information content (AvgIpc) is 2.72. The van der Waals surface area contributed by atoms with Gasteiger partial charge in [-0.1, -0.05) is 6.92 Å². The molecule has 0 amide bonds. The summed E-state index contributed by atoms with van der Waals surface area (Å²) in [5, 5.41) is 8.92. The van der Waals surface area contributed by atoms with Crippen LogP contribution in [0.2, 0.25) is 0 Å². The number of benzene rings is 1. The number of rotatable bonds is 4. The average molecular weight is 250 g/mol. The molecule has 0 aliphatic carbocycles. The molecule has 0 bridgehead atoms. The third-order valence-electron chi connectivity index (χ3n) is 2.72. The Bertz CT molecular complexity index is 480. The molecule has 1 N–H and O–H groups in total. The van der Waals surface area contributed by atoms with Gasteiger partial charge in [0.15, 0.2) is 6.10 Å². The molecule has 1 unspecified atom stereocenters. The first-order chi connectivity index (χ1) is 8.61. The highest BCUT2D eigenvalue weighted by Gasteiger charge is 2.28. The van der Waals surface area contributed by atoms with Crippen molar-refractivity contribution in [1.82, 2.24) is 0 Å². The lowest BCUT2D eigenvalue weighted by Gasteiger charge is -2.10. The second-order valence-corrected chi connectivity index (χ2v) is 4.10. The molecule has 0 saturated carbocycles. The largest absolute Gasteiger partial charge is 0.489 e. The highest BCUT2D eigenvalue weighted by atomic mass is 16.6. The molecule has 1 aromatic rings. The van der Waals surface area contributed by atoms with Gasteiger partial charge in [0.1, 0.15) is 12.4 Å². The summed E-state index contributed by atoms with van der Waals surface area (Å²) in [5.74, 6) is -0.725. The van der Waals surface area contributed by atoms with Crippen LogP contribution in [-0.2, 0) is 9.53 Å². The Morgan fingerprint density at radius 1 is 1.50 bits per heavy atom. The first kappa shape index (κ1) is 12.4. The van der Waals surface area contributed by atoms with Crippen LogP contribution < -0.4 is 4.74 Å². The number of carbonyl (C=O) groups excluding carboxylic acids is 1. The number of carbonyl (C=O) groups is 2. The molecule has 1 aliphatic heterocycles. The summed E-state index contributed by atoms with van der Waals surface area (Å²) in [4.78, 5) is 22.3. The minimum absolute atomic E-state index is 0.163. The Labute approximate surface area is 104 Å². The van der Waals surface area contributed by atoms with Crippen molar-refractivity contribution >= 4 is 11.9 Å². The van der Waals surface area contributed by atoms with Crippen LogP contribution in [-0.4, -0.2) is 23.7 Å². The van der Waals surface area contributed by atoms with Gasteiger partial charge in [-0.25, -0.2) is 4.79 Å². The number of carboxylic acid groups (broad SMARTS) is 1. The Kier molecular flexibility index (Phi) is 3.50. The summed E-state index contributed by atoms with van der Waals surface area (Å²) in [5.41, 5.74) is 0.787. The van der Waals surface area contributed by atoms with Crippen molar-refractivity contribution in [3.63, 3.8) is 0 Å². The maximum Gasteiger partial charge on any atom is 0.335 e. The van der Waals surface area contributed by atoms with E-state index in [9.17, 15) is 9.59 Å². The summed E-state index contributed by atoms with van der Waals surface area (Å²) in [7, 11) is 0. The standard InChI is InChI=1S/C13H14O5/c1-2-3-12(14)18-11-7-17-10-5-4-8(13(15)16)6-9(10)11/h4-6,11H,2-3,7H2,1H3,(H,15,16). The van der Waals surface area contributed by atoms with Crippen molar-refractivity contribution in [3.8, 4) is 5.75 Å². The molecule has 0 saturated heterocycles. The molecule has 1 atom stereocenters. The number of fused-ring (bicyclic) bond motifs is 1. The van der Waals surface area contributed by atoms with Gasteiger partial charge in [0.2, 0.25) is 0 Å². The SMILES string of the molecule is CCCC(=O)OC1COc2ccc(C(=O)O)cc21. The third kappa shape index (κ3) is 2.45. The summed E-state index contributed by atoms with van der Waals surface area (Å²) in [6.45, 7) is 2.14. The minimum Gasteiger partial charge on any atom is -0.489 e. The van der Waals surface area contributed by atoms with Gasteiger partial charge in [0.05, 0.1) is 5.56 Å². The Balaban J connectivity index is 2.18. The van der Waals surface area contributed by atoms with E-state index < -0.39 is 12.1 Å². The van der Waals surface area contributed by atoms with E-state index >= 15 is 0 Å². The molecule has 1 aliphatic rings. The molecule has 5 heteroatoms. The van der Waals surface area contributed by atoms with Gasteiger partial charge in [0, 0.05) is 12.0 Å². The van der Waals surface area contributed by atoms with E-state index in [1.807, 2.05) is 6.92 Å². The quantitative estimate of drug-likeness (QED) is 0.829. The van der Waals surface area contributed by atoms with E-state index in [0.29, 0.717) is 24.2 Å². The first-order valence-corrected chi connectivity index (χ1v) is 5.81. The van der Waals surface area contributed by atoms with Crippen molar-refractivity contribution in [2.45, 2.75) is 25.9 Å². The molecule has 18 heavy (non-hydrogen) atoms. The van der Waals surface area contributed by atoms with E-state index in [2.05, 4.69) is 0 Å². The fraction of sp³-hybridized carbons (Fsp3) is 0.385. The molecule has 0 spiro atoms. The van der Waals surface area contributed by atoms with Gasteiger partial charge in [-0.15, -0.1) is 0 Å². The zero-order chi connectivity index (χ0) is 13.1. The highest BCUT2D eigenvalue weighted by Crippen LogP contribution is 2.35. The monoisotopic (exact) mass is 250 g/mol. The molecule has 96 valence electrons. The van der Waals surface area contributed by atoms with Crippen LogP contribution in [0.1, 0.15) is 41.8 Å². The van der Waals surface area contributed by atoms with Gasteiger partial charge in [0.25, 0.3) is 0 Å². The topological polar surface area (TPSA) is 72.8 Å². The van der Waals surface area contributed by atoms with Crippen molar-refractivity contribution in [1.29, 1.82) is 0 Å². The van der Waals surface area contributed by atoms with E-state index in [-0.39, 0.29) is 18.1 Å². The minimum atomic E-state index is -1.01. The number of aromatic carboxylic acids is 1. The summed E-state index contributed by atoms with van der Waals surface area (Å²) in [6.07, 6.45) is 0.567. The molecule has 5 nitrogen and oxygen atoms in total. The van der Waals surface area contributed by atoms with Gasteiger partial charge in [-0.05, 0) is 24.6 Å². The molecular weight excluding hydrogens is 236 g/mol. The Morgan fingerprint density at radius 2 is 2.28 bits per heavy atom. The molecular formula is C13H14O5. The number of esters is 1. The second kappa shape index (κ2) is 5.08. The van der Waals surface area contributed by atoms with Crippen molar-refractivity contribution in [3.05, 3.63) is 29.3 Å². The van der Waals surface area contributed by atoms with Crippen LogP contribution in [0.25, 0.3) is 0 Å². The Morgan fingerprint density at radius 3 is 2.94 bits per heavy atom. The lowest BCUT2D eigenvalue weighted by molar-refractivity contribution is -0.149. The van der Waals surface area contributed by atoms with Crippen LogP contribution in [0.3, 0.4) is 0 Å². The zero-order valence-electron chi connectivity index (χ0n) is 10.0. The lowest BCUT2D eigenvalue weighted by atomic mass is 10.1. The summed E-state index contributed by atoms with van der Waals surface area (Å²) in [6, 6.07) is 4.55. The smallest absolute Gasteiger partial charge is 0.335 e. The van der Waals surface area contributed by atoms with Gasteiger partial charge in [-0.3, -0.25) is 4.79 Å². The second-order valence-electron chi connectivity index (χ2n) is 4.10. The maximum absolute atomic E-state index is 11.4. The number of hydrogen-bond acceptors (Lipinski definition) is 4. The van der Waals surface area contributed by atoms with Crippen molar-refractivity contribution < 1.29 is 24.2 Å². The normalized spacial score (nSPS) is 16.8. The van der Waals surface area contributed by atoms with Gasteiger partial charge in [-0.2, -0.15) is 0 Å². The summed E-state index contributed by atoms with van der Waals surface area (Å²) < 4.78 is 10.6. The molecule has 0 aromatic heterocycles. The predicted molar refractivity (Wildman–Crippen MR) is 62.6 cm³/mol. The first-order valence-electron chi connectivity index (χ1n) is 5.81. The van der Waals surface area contributed by atoms with Crippen LogP contribution >= 0.6 is 0 Å². The molecule has 0 fully saturated rings. The molecule has 1 heterocycles. The number of hydrogen-bond donors (Lipinski definition) is 1. The molecule has 2 rings (SSSR count). The molecule has 0 radical (unpaired) electrons.